The molecule has 0 atom stereocenters. The minimum atomic E-state index is -1.36. The molecule has 0 rings (SSSR count). The third-order valence-corrected chi connectivity index (χ3v) is 1.50. The average Bonchev–Trinajstić information content (AvgIpc) is 1.72. The van der Waals surface area contributed by atoms with Gasteiger partial charge in [0.05, 0.1) is 0 Å². The highest BCUT2D eigenvalue weighted by molar-refractivity contribution is 6.36. The van der Waals surface area contributed by atoms with Crippen LogP contribution >= 0.6 is 0 Å². The Morgan fingerprint density at radius 2 is 1.12 bits per heavy atom. The molecule has 0 saturated carbocycles. The van der Waals surface area contributed by atoms with Crippen LogP contribution in [0, 0.1) is 0 Å². The van der Waals surface area contributed by atoms with Crippen LogP contribution in [-0.2, 0) is 13.3 Å². The first-order valence-electron chi connectivity index (χ1n) is 1.84. The van der Waals surface area contributed by atoms with Crippen LogP contribution in [0.2, 0.25) is 0 Å². The van der Waals surface area contributed by atoms with Crippen LogP contribution in [0.25, 0.3) is 0 Å². The lowest BCUT2D eigenvalue weighted by molar-refractivity contribution is 0.163. The van der Waals surface area contributed by atoms with Gasteiger partial charge >= 0.3 is 9.53 Å². The van der Waals surface area contributed by atoms with E-state index in [1.54, 1.807) is 21.3 Å². The van der Waals surface area contributed by atoms with Crippen LogP contribution in [0.5, 0.6) is 0 Å². The van der Waals surface area contributed by atoms with Crippen molar-refractivity contribution in [2.75, 3.05) is 21.3 Å². The molecule has 0 spiro atoms. The maximum atomic E-state index is 4.71. The van der Waals surface area contributed by atoms with Crippen LogP contribution in [0.3, 0.4) is 0 Å². The van der Waals surface area contributed by atoms with Gasteiger partial charge in [0.2, 0.25) is 0 Å². The first-order valence-corrected chi connectivity index (χ1v) is 3.06. The maximum Gasteiger partial charge on any atom is 0.576 e. The van der Waals surface area contributed by atoms with Gasteiger partial charge in [0.1, 0.15) is 0 Å². The Morgan fingerprint density at radius 1 is 0.875 bits per heavy atom. The summed E-state index contributed by atoms with van der Waals surface area (Å²) in [6.45, 7) is 0. The summed E-state index contributed by atoms with van der Waals surface area (Å²) in [6, 6.07) is 0. The van der Waals surface area contributed by atoms with Crippen molar-refractivity contribution in [3.8, 4) is 0 Å². The topological polar surface area (TPSA) is 59.2 Å². The smallest absolute Gasteiger partial charge is 0.412 e. The van der Waals surface area contributed by atoms with E-state index in [4.69, 9.17) is 13.3 Å². The molecular formula is C3H11O4Si. The number of hydrogen-bond acceptors (Lipinski definition) is 3. The Bertz CT molecular complexity index is 32.8. The predicted octanol–water partition coefficient (Wildman–Crippen LogP) is -0.914. The van der Waals surface area contributed by atoms with Crippen molar-refractivity contribution in [3.05, 3.63) is 0 Å². The minimum absolute atomic E-state index is 0. The Kier molecular flexibility index (Phi) is 9.65. The fourth-order valence-corrected chi connectivity index (χ4v) is 0.750. The lowest BCUT2D eigenvalue weighted by atomic mass is 11.8. The van der Waals surface area contributed by atoms with Crippen LogP contribution in [0.1, 0.15) is 0 Å². The Labute approximate surface area is 50.6 Å². The molecular weight excluding hydrogens is 128 g/mol. The van der Waals surface area contributed by atoms with Crippen molar-refractivity contribution in [3.63, 3.8) is 0 Å². The van der Waals surface area contributed by atoms with E-state index in [1.165, 1.54) is 0 Å². The molecule has 0 fully saturated rings. The molecule has 4 nitrogen and oxygen atoms in total. The summed E-state index contributed by atoms with van der Waals surface area (Å²) in [7, 11) is 3.31. The van der Waals surface area contributed by atoms with Gasteiger partial charge in [-0.15, -0.1) is 0 Å². The maximum absolute atomic E-state index is 4.71. The van der Waals surface area contributed by atoms with E-state index in [2.05, 4.69) is 0 Å². The second kappa shape index (κ2) is 7.06. The Morgan fingerprint density at radius 3 is 1.12 bits per heavy atom. The van der Waals surface area contributed by atoms with Crippen molar-refractivity contribution in [2.45, 2.75) is 0 Å². The molecule has 5 heteroatoms. The van der Waals surface area contributed by atoms with Crippen molar-refractivity contribution in [1.29, 1.82) is 0 Å². The van der Waals surface area contributed by atoms with Gasteiger partial charge in [-0.3, -0.25) is 0 Å². The summed E-state index contributed by atoms with van der Waals surface area (Å²) in [5.74, 6) is 0. The number of hydrogen-bond donors (Lipinski definition) is 0. The second-order valence-electron chi connectivity index (χ2n) is 0.862. The molecule has 0 amide bonds. The summed E-state index contributed by atoms with van der Waals surface area (Å²) >= 11 is 0. The van der Waals surface area contributed by atoms with Gasteiger partial charge in [0, 0.05) is 21.3 Å². The highest BCUT2D eigenvalue weighted by Crippen LogP contribution is 1.81. The molecule has 1 radical (unpaired) electrons. The zero-order valence-electron chi connectivity index (χ0n) is 5.22. The average molecular weight is 139 g/mol. The van der Waals surface area contributed by atoms with E-state index < -0.39 is 9.53 Å². The van der Waals surface area contributed by atoms with E-state index in [0.717, 1.165) is 0 Å². The largest absolute Gasteiger partial charge is 0.576 e. The molecule has 0 aliphatic rings. The SMILES string of the molecule is CO[Si](OC)OC.O. The molecule has 0 heterocycles. The molecule has 0 aliphatic heterocycles. The van der Waals surface area contributed by atoms with Gasteiger partial charge in [-0.2, -0.15) is 0 Å². The lowest BCUT2D eigenvalue weighted by Crippen LogP contribution is -2.21. The summed E-state index contributed by atoms with van der Waals surface area (Å²) < 4.78 is 14.1. The molecule has 0 bridgehead atoms. The van der Waals surface area contributed by atoms with Crippen LogP contribution in [0.15, 0.2) is 0 Å². The van der Waals surface area contributed by atoms with Crippen molar-refractivity contribution < 1.29 is 18.8 Å². The van der Waals surface area contributed by atoms with Gasteiger partial charge in [0.15, 0.2) is 0 Å². The van der Waals surface area contributed by atoms with Gasteiger partial charge < -0.3 is 18.8 Å². The third-order valence-electron chi connectivity index (χ3n) is 0.500. The van der Waals surface area contributed by atoms with Crippen molar-refractivity contribution in [1.82, 2.24) is 0 Å². The molecule has 51 valence electrons. The fraction of sp³-hybridized carbons (Fsp3) is 1.00. The van der Waals surface area contributed by atoms with Gasteiger partial charge in [-0.05, 0) is 0 Å². The molecule has 0 aromatic carbocycles. The van der Waals surface area contributed by atoms with Crippen LogP contribution in [-0.4, -0.2) is 36.3 Å². The van der Waals surface area contributed by atoms with Crippen LogP contribution in [0.4, 0.5) is 0 Å². The Balaban J connectivity index is 0. The van der Waals surface area contributed by atoms with Gasteiger partial charge in [-0.25, -0.2) is 0 Å². The second-order valence-corrected chi connectivity index (χ2v) is 2.59. The van der Waals surface area contributed by atoms with Gasteiger partial charge in [-0.1, -0.05) is 0 Å². The number of rotatable bonds is 3. The molecule has 0 aromatic rings. The third kappa shape index (κ3) is 4.22. The quantitative estimate of drug-likeness (QED) is 0.475. The first-order chi connectivity index (χ1) is 3.35. The van der Waals surface area contributed by atoms with E-state index in [1.807, 2.05) is 0 Å². The van der Waals surface area contributed by atoms with E-state index >= 15 is 0 Å². The molecule has 8 heavy (non-hydrogen) atoms. The summed E-state index contributed by atoms with van der Waals surface area (Å²) in [4.78, 5) is 0. The Hall–Kier alpha value is 0.0569. The minimum Gasteiger partial charge on any atom is -0.412 e. The lowest BCUT2D eigenvalue weighted by Gasteiger charge is -2.02. The standard InChI is InChI=1S/C3H9O3Si.H2O/c1-4-7(5-2)6-3;/h1-3H3;1H2. The monoisotopic (exact) mass is 139 g/mol. The highest BCUT2D eigenvalue weighted by Gasteiger charge is 2.09. The van der Waals surface area contributed by atoms with Crippen molar-refractivity contribution >= 4 is 9.53 Å². The highest BCUT2D eigenvalue weighted by atomic mass is 28.3. The zero-order chi connectivity index (χ0) is 5.70. The fourth-order valence-electron chi connectivity index (χ4n) is 0.250. The normalized spacial score (nSPS) is 9.00. The predicted molar refractivity (Wildman–Crippen MR) is 30.4 cm³/mol. The first kappa shape index (κ1) is 10.9. The summed E-state index contributed by atoms with van der Waals surface area (Å²) in [5.41, 5.74) is 0. The van der Waals surface area contributed by atoms with Crippen molar-refractivity contribution in [2.24, 2.45) is 0 Å². The van der Waals surface area contributed by atoms with E-state index in [-0.39, 0.29) is 5.48 Å². The molecule has 0 aliphatic carbocycles. The summed E-state index contributed by atoms with van der Waals surface area (Å²) in [5, 5.41) is 0. The molecule has 0 saturated heterocycles. The van der Waals surface area contributed by atoms with E-state index in [9.17, 15) is 0 Å². The zero-order valence-corrected chi connectivity index (χ0v) is 6.22. The molecule has 2 N–H and O–H groups in total. The van der Waals surface area contributed by atoms with Crippen LogP contribution < -0.4 is 0 Å². The van der Waals surface area contributed by atoms with Gasteiger partial charge in [0.25, 0.3) is 0 Å². The van der Waals surface area contributed by atoms with E-state index in [0.29, 0.717) is 0 Å². The molecule has 0 aromatic heterocycles. The molecule has 0 unspecified atom stereocenters. The summed E-state index contributed by atoms with van der Waals surface area (Å²) in [6.07, 6.45) is 0.